The third-order valence-electron chi connectivity index (χ3n) is 3.93. The van der Waals surface area contributed by atoms with Gasteiger partial charge in [-0.2, -0.15) is 0 Å². The number of rotatable bonds is 6. The molecule has 1 aromatic heterocycles. The molecule has 173 valence electrons. The van der Waals surface area contributed by atoms with Crippen LogP contribution in [0.3, 0.4) is 0 Å². The zero-order valence-electron chi connectivity index (χ0n) is 18.1. The molecule has 0 amide bonds. The summed E-state index contributed by atoms with van der Waals surface area (Å²) in [5.74, 6) is 0.252. The third kappa shape index (κ3) is 7.95. The van der Waals surface area contributed by atoms with Gasteiger partial charge in [0.15, 0.2) is 28.8 Å². The van der Waals surface area contributed by atoms with Crippen LogP contribution in [0.4, 0.5) is 11.5 Å². The molecule has 0 saturated carbocycles. The van der Waals surface area contributed by atoms with Crippen molar-refractivity contribution >= 4 is 29.9 Å². The SMILES string of the molecule is CC(=O)O.COc1cccc(C=Nc2cccnc2/N=C/c2cccc(OC)c2O)c1O.[Mn]. The van der Waals surface area contributed by atoms with Gasteiger partial charge in [0.05, 0.1) is 14.2 Å². The van der Waals surface area contributed by atoms with Gasteiger partial charge in [-0.25, -0.2) is 9.98 Å². The number of ether oxygens (including phenoxy) is 2. The number of aliphatic imine (C=N–C) groups is 2. The van der Waals surface area contributed by atoms with Crippen molar-refractivity contribution in [2.75, 3.05) is 14.2 Å². The van der Waals surface area contributed by atoms with E-state index >= 15 is 0 Å². The minimum atomic E-state index is -0.833. The van der Waals surface area contributed by atoms with E-state index in [-0.39, 0.29) is 28.6 Å². The van der Waals surface area contributed by atoms with Crippen LogP contribution >= 0.6 is 0 Å². The van der Waals surface area contributed by atoms with Crippen molar-refractivity contribution in [2.45, 2.75) is 6.92 Å². The van der Waals surface area contributed by atoms with Crippen LogP contribution in [-0.2, 0) is 21.9 Å². The molecule has 0 bridgehead atoms. The maximum atomic E-state index is 10.2. The van der Waals surface area contributed by atoms with Gasteiger partial charge >= 0.3 is 0 Å². The Morgan fingerprint density at radius 2 is 1.36 bits per heavy atom. The number of pyridine rings is 1. The minimum Gasteiger partial charge on any atom is -0.504 e. The van der Waals surface area contributed by atoms with Crippen molar-refractivity contribution in [1.29, 1.82) is 0 Å². The monoisotopic (exact) mass is 492 g/mol. The van der Waals surface area contributed by atoms with Gasteiger partial charge in [-0.1, -0.05) is 12.1 Å². The van der Waals surface area contributed by atoms with Gasteiger partial charge in [0, 0.05) is 53.7 Å². The van der Waals surface area contributed by atoms with Crippen molar-refractivity contribution < 1.29 is 46.7 Å². The maximum absolute atomic E-state index is 10.2. The van der Waals surface area contributed by atoms with Crippen LogP contribution in [0, 0.1) is 0 Å². The number of carboxylic acid groups (broad SMARTS) is 1. The molecule has 3 aromatic rings. The molecule has 0 saturated heterocycles. The average molecular weight is 492 g/mol. The summed E-state index contributed by atoms with van der Waals surface area (Å²) in [5.41, 5.74) is 1.50. The van der Waals surface area contributed by atoms with Crippen LogP contribution in [0.25, 0.3) is 0 Å². The summed E-state index contributed by atoms with van der Waals surface area (Å²) in [4.78, 5) is 21.9. The summed E-state index contributed by atoms with van der Waals surface area (Å²) >= 11 is 0. The molecule has 0 unspecified atom stereocenters. The second kappa shape index (κ2) is 13.5. The number of hydrogen-bond acceptors (Lipinski definition) is 8. The largest absolute Gasteiger partial charge is 0.504 e. The number of nitrogens with zero attached hydrogens (tertiary/aromatic N) is 3. The summed E-state index contributed by atoms with van der Waals surface area (Å²) in [6, 6.07) is 13.7. The summed E-state index contributed by atoms with van der Waals surface area (Å²) in [6.07, 6.45) is 4.60. The first-order valence-electron chi connectivity index (χ1n) is 9.32. The van der Waals surface area contributed by atoms with Gasteiger partial charge in [0.2, 0.25) is 0 Å². The number of aromatic nitrogens is 1. The zero-order valence-corrected chi connectivity index (χ0v) is 19.3. The molecule has 0 fully saturated rings. The number of carbonyl (C=O) groups is 1. The smallest absolute Gasteiger partial charge is 0.300 e. The van der Waals surface area contributed by atoms with E-state index in [1.54, 1.807) is 54.7 Å². The van der Waals surface area contributed by atoms with Crippen molar-refractivity contribution in [1.82, 2.24) is 4.98 Å². The average Bonchev–Trinajstić information content (AvgIpc) is 2.78. The van der Waals surface area contributed by atoms with E-state index in [0.717, 1.165) is 6.92 Å². The Balaban J connectivity index is 0.00000101. The second-order valence-electron chi connectivity index (χ2n) is 6.18. The number of methoxy groups -OCH3 is 2. The van der Waals surface area contributed by atoms with Crippen LogP contribution in [0.15, 0.2) is 64.7 Å². The summed E-state index contributed by atoms with van der Waals surface area (Å²) in [7, 11) is 2.97. The fraction of sp³-hybridized carbons (Fsp3) is 0.130. The molecule has 10 heteroatoms. The molecule has 0 aliphatic carbocycles. The summed E-state index contributed by atoms with van der Waals surface area (Å²) in [6.45, 7) is 1.08. The Morgan fingerprint density at radius 3 is 1.85 bits per heavy atom. The molecular formula is C23H23MnN3O6. The van der Waals surface area contributed by atoms with Crippen molar-refractivity contribution in [2.24, 2.45) is 9.98 Å². The van der Waals surface area contributed by atoms with E-state index in [2.05, 4.69) is 15.0 Å². The molecule has 1 radical (unpaired) electrons. The molecule has 0 aliphatic rings. The molecule has 3 rings (SSSR count). The molecule has 2 aromatic carbocycles. The minimum absolute atomic E-state index is 0. The summed E-state index contributed by atoms with van der Waals surface area (Å²) in [5, 5.41) is 27.7. The van der Waals surface area contributed by atoms with E-state index in [1.807, 2.05) is 0 Å². The van der Waals surface area contributed by atoms with E-state index < -0.39 is 5.97 Å². The molecule has 3 N–H and O–H groups in total. The Kier molecular flexibility index (Phi) is 11.1. The number of phenols is 2. The van der Waals surface area contributed by atoms with Gasteiger partial charge in [0.25, 0.3) is 5.97 Å². The van der Waals surface area contributed by atoms with Crippen molar-refractivity contribution in [3.8, 4) is 23.0 Å². The Bertz CT molecular complexity index is 1050. The predicted molar refractivity (Wildman–Crippen MR) is 121 cm³/mol. The van der Waals surface area contributed by atoms with Gasteiger partial charge in [-0.15, -0.1) is 0 Å². The molecular weight excluding hydrogens is 469 g/mol. The number of benzene rings is 2. The summed E-state index contributed by atoms with van der Waals surface area (Å²) < 4.78 is 10.2. The normalized spacial score (nSPS) is 10.3. The van der Waals surface area contributed by atoms with Gasteiger partial charge < -0.3 is 24.8 Å². The number of hydrogen-bond donors (Lipinski definition) is 3. The molecule has 9 nitrogen and oxygen atoms in total. The first kappa shape index (κ1) is 27.2. The number of para-hydroxylation sites is 2. The number of carboxylic acids is 1. The first-order chi connectivity index (χ1) is 15.4. The molecule has 0 spiro atoms. The zero-order chi connectivity index (χ0) is 23.5. The molecule has 0 atom stereocenters. The van der Waals surface area contributed by atoms with Gasteiger partial charge in [0.1, 0.15) is 5.69 Å². The van der Waals surface area contributed by atoms with Crippen molar-refractivity contribution in [3.63, 3.8) is 0 Å². The molecule has 0 aliphatic heterocycles. The van der Waals surface area contributed by atoms with Crippen LogP contribution in [0.5, 0.6) is 23.0 Å². The van der Waals surface area contributed by atoms with Crippen molar-refractivity contribution in [3.05, 3.63) is 65.9 Å². The quantitative estimate of drug-likeness (QED) is 0.348. The van der Waals surface area contributed by atoms with Crippen LogP contribution in [0.1, 0.15) is 18.1 Å². The predicted octanol–water partition coefficient (Wildman–Crippen LogP) is 4.10. The van der Waals surface area contributed by atoms with Crippen LogP contribution < -0.4 is 9.47 Å². The van der Waals surface area contributed by atoms with E-state index in [4.69, 9.17) is 19.4 Å². The standard InChI is InChI=1S/C21H19N3O4.C2H4O2.Mn/c1-27-17-9-3-6-14(19(17)25)12-23-16-8-5-11-22-21(16)24-13-15-7-4-10-18(28-2)20(15)26;1-2(3)4;/h3-13,25-26H,1-2H3;1H3,(H,3,4);/b23-12?,24-13+;;. The van der Waals surface area contributed by atoms with Crippen LogP contribution in [-0.4, -0.2) is 52.9 Å². The Labute approximate surface area is 201 Å². The van der Waals surface area contributed by atoms with Crippen LogP contribution in [0.2, 0.25) is 0 Å². The fourth-order valence-corrected chi connectivity index (χ4v) is 2.47. The second-order valence-corrected chi connectivity index (χ2v) is 6.18. The van der Waals surface area contributed by atoms with Gasteiger partial charge in [-0.05, 0) is 36.4 Å². The van der Waals surface area contributed by atoms with E-state index in [9.17, 15) is 10.2 Å². The maximum Gasteiger partial charge on any atom is 0.300 e. The number of aliphatic carboxylic acids is 1. The first-order valence-corrected chi connectivity index (χ1v) is 9.32. The third-order valence-corrected chi connectivity index (χ3v) is 3.93. The Hall–Kier alpha value is -3.88. The molecule has 33 heavy (non-hydrogen) atoms. The fourth-order valence-electron chi connectivity index (χ4n) is 2.47. The number of aromatic hydroxyl groups is 2. The van der Waals surface area contributed by atoms with E-state index in [0.29, 0.717) is 34.1 Å². The van der Waals surface area contributed by atoms with E-state index in [1.165, 1.54) is 26.6 Å². The Morgan fingerprint density at radius 1 is 0.879 bits per heavy atom. The number of phenolic OH excluding ortho intramolecular Hbond substituents is 2. The van der Waals surface area contributed by atoms with Gasteiger partial charge in [-0.3, -0.25) is 9.79 Å². The molecule has 1 heterocycles. The topological polar surface area (TPSA) is 134 Å².